The zero-order chi connectivity index (χ0) is 9.42. The van der Waals surface area contributed by atoms with E-state index in [1.165, 1.54) is 6.07 Å². The van der Waals surface area contributed by atoms with E-state index in [2.05, 4.69) is 0 Å². The summed E-state index contributed by atoms with van der Waals surface area (Å²) in [6, 6.07) is 4.78. The number of benzene rings is 1. The maximum atomic E-state index is 13.2. The lowest BCUT2D eigenvalue weighted by molar-refractivity contribution is 0.0194. The van der Waals surface area contributed by atoms with Crippen molar-refractivity contribution in [2.75, 3.05) is 0 Å². The molecule has 0 aromatic heterocycles. The van der Waals surface area contributed by atoms with E-state index in [0.717, 1.165) is 5.56 Å². The first kappa shape index (κ1) is 8.66. The smallest absolute Gasteiger partial charge is 0.129 e. The van der Waals surface area contributed by atoms with E-state index in [9.17, 15) is 4.39 Å². The molecule has 13 heavy (non-hydrogen) atoms. The third-order valence-corrected chi connectivity index (χ3v) is 2.51. The molecule has 2 atom stereocenters. The van der Waals surface area contributed by atoms with Gasteiger partial charge in [0, 0.05) is 5.56 Å². The van der Waals surface area contributed by atoms with Gasteiger partial charge in [-0.1, -0.05) is 12.1 Å². The summed E-state index contributed by atoms with van der Waals surface area (Å²) in [5.74, 6) is -0.222. The standard InChI is InChI=1S/C10H12FNO/c1-6-10(12)7-3-2-4-9(11)8(7)5-13-6/h2-4,6,10H,5,12H2,1H3/t6-,10?/m1/s1. The van der Waals surface area contributed by atoms with Crippen LogP contribution in [0, 0.1) is 5.82 Å². The molecule has 1 unspecified atom stereocenters. The second kappa shape index (κ2) is 3.09. The zero-order valence-corrected chi connectivity index (χ0v) is 7.46. The molecule has 70 valence electrons. The number of hydrogen-bond donors (Lipinski definition) is 1. The van der Waals surface area contributed by atoms with Crippen molar-refractivity contribution < 1.29 is 9.13 Å². The fourth-order valence-corrected chi connectivity index (χ4v) is 1.61. The Morgan fingerprint density at radius 3 is 3.08 bits per heavy atom. The monoisotopic (exact) mass is 181 g/mol. The minimum atomic E-state index is -0.222. The average molecular weight is 181 g/mol. The predicted molar refractivity (Wildman–Crippen MR) is 47.6 cm³/mol. The molecule has 2 rings (SSSR count). The highest BCUT2D eigenvalue weighted by atomic mass is 19.1. The molecule has 0 bridgehead atoms. The molecular weight excluding hydrogens is 169 g/mol. The van der Waals surface area contributed by atoms with Crippen molar-refractivity contribution in [2.24, 2.45) is 5.73 Å². The summed E-state index contributed by atoms with van der Waals surface area (Å²) in [5, 5.41) is 0. The summed E-state index contributed by atoms with van der Waals surface area (Å²) in [5.41, 5.74) is 7.35. The van der Waals surface area contributed by atoms with Gasteiger partial charge in [-0.3, -0.25) is 0 Å². The highest BCUT2D eigenvalue weighted by Crippen LogP contribution is 2.28. The minimum Gasteiger partial charge on any atom is -0.372 e. The van der Waals surface area contributed by atoms with Gasteiger partial charge in [0.25, 0.3) is 0 Å². The Morgan fingerprint density at radius 1 is 1.54 bits per heavy atom. The van der Waals surface area contributed by atoms with Gasteiger partial charge in [-0.25, -0.2) is 4.39 Å². The summed E-state index contributed by atoms with van der Waals surface area (Å²) in [4.78, 5) is 0. The Balaban J connectivity index is 2.49. The SMILES string of the molecule is C[C@H]1OCc2c(F)cccc2C1N. The largest absolute Gasteiger partial charge is 0.372 e. The number of ether oxygens (including phenoxy) is 1. The maximum absolute atomic E-state index is 13.2. The van der Waals surface area contributed by atoms with Crippen LogP contribution in [0.25, 0.3) is 0 Å². The zero-order valence-electron chi connectivity index (χ0n) is 7.46. The molecule has 1 aliphatic rings. The Morgan fingerprint density at radius 2 is 2.31 bits per heavy atom. The quantitative estimate of drug-likeness (QED) is 0.661. The van der Waals surface area contributed by atoms with E-state index in [4.69, 9.17) is 10.5 Å². The molecule has 0 radical (unpaired) electrons. The van der Waals surface area contributed by atoms with Crippen LogP contribution >= 0.6 is 0 Å². The molecule has 1 aromatic rings. The third-order valence-electron chi connectivity index (χ3n) is 2.51. The van der Waals surface area contributed by atoms with Crippen molar-refractivity contribution in [1.29, 1.82) is 0 Å². The van der Waals surface area contributed by atoms with Crippen LogP contribution in [0.4, 0.5) is 4.39 Å². The van der Waals surface area contributed by atoms with Crippen LogP contribution in [0.3, 0.4) is 0 Å². The van der Waals surface area contributed by atoms with Gasteiger partial charge in [-0.2, -0.15) is 0 Å². The van der Waals surface area contributed by atoms with Crippen molar-refractivity contribution in [3.05, 3.63) is 35.1 Å². The van der Waals surface area contributed by atoms with E-state index < -0.39 is 0 Å². The average Bonchev–Trinajstić information content (AvgIpc) is 2.12. The first-order valence-corrected chi connectivity index (χ1v) is 4.34. The van der Waals surface area contributed by atoms with Crippen molar-refractivity contribution in [1.82, 2.24) is 0 Å². The van der Waals surface area contributed by atoms with Gasteiger partial charge in [0.05, 0.1) is 18.8 Å². The number of rotatable bonds is 0. The van der Waals surface area contributed by atoms with E-state index >= 15 is 0 Å². The fourth-order valence-electron chi connectivity index (χ4n) is 1.61. The number of nitrogens with two attached hydrogens (primary N) is 1. The summed E-state index contributed by atoms with van der Waals surface area (Å²) < 4.78 is 18.6. The van der Waals surface area contributed by atoms with Gasteiger partial charge in [-0.05, 0) is 18.6 Å². The van der Waals surface area contributed by atoms with Gasteiger partial charge < -0.3 is 10.5 Å². The van der Waals surface area contributed by atoms with Crippen LogP contribution in [-0.2, 0) is 11.3 Å². The normalized spacial score (nSPS) is 27.0. The lowest BCUT2D eigenvalue weighted by atomic mass is 9.95. The van der Waals surface area contributed by atoms with Gasteiger partial charge in [0.2, 0.25) is 0 Å². The molecular formula is C10H12FNO. The number of halogens is 1. The molecule has 0 spiro atoms. The Hall–Kier alpha value is -0.930. The molecule has 1 aliphatic heterocycles. The predicted octanol–water partition coefficient (Wildman–Crippen LogP) is 1.74. The van der Waals surface area contributed by atoms with Crippen LogP contribution in [0.1, 0.15) is 24.1 Å². The topological polar surface area (TPSA) is 35.2 Å². The van der Waals surface area contributed by atoms with Gasteiger partial charge in [0.15, 0.2) is 0 Å². The molecule has 1 aromatic carbocycles. The summed E-state index contributed by atoms with van der Waals surface area (Å²) in [6.45, 7) is 2.23. The molecule has 0 saturated heterocycles. The van der Waals surface area contributed by atoms with Crippen LogP contribution < -0.4 is 5.73 Å². The third kappa shape index (κ3) is 1.34. The van der Waals surface area contributed by atoms with Gasteiger partial charge >= 0.3 is 0 Å². The molecule has 3 heteroatoms. The Kier molecular flexibility index (Phi) is 2.06. The summed E-state index contributed by atoms with van der Waals surface area (Å²) in [7, 11) is 0. The molecule has 2 nitrogen and oxygen atoms in total. The number of hydrogen-bond acceptors (Lipinski definition) is 2. The van der Waals surface area contributed by atoms with E-state index in [0.29, 0.717) is 12.2 Å². The van der Waals surface area contributed by atoms with E-state index in [-0.39, 0.29) is 18.0 Å². The van der Waals surface area contributed by atoms with Gasteiger partial charge in [-0.15, -0.1) is 0 Å². The van der Waals surface area contributed by atoms with Crippen molar-refractivity contribution in [3.63, 3.8) is 0 Å². The van der Waals surface area contributed by atoms with E-state index in [1.54, 1.807) is 6.07 Å². The minimum absolute atomic E-state index is 0.0331. The first-order chi connectivity index (χ1) is 6.20. The van der Waals surface area contributed by atoms with Crippen LogP contribution in [0.2, 0.25) is 0 Å². The van der Waals surface area contributed by atoms with Crippen molar-refractivity contribution in [2.45, 2.75) is 25.7 Å². The molecule has 0 amide bonds. The van der Waals surface area contributed by atoms with Gasteiger partial charge in [0.1, 0.15) is 5.82 Å². The first-order valence-electron chi connectivity index (χ1n) is 4.34. The van der Waals surface area contributed by atoms with E-state index in [1.807, 2.05) is 13.0 Å². The highest BCUT2D eigenvalue weighted by Gasteiger charge is 2.25. The lowest BCUT2D eigenvalue weighted by Crippen LogP contribution is -2.31. The number of fused-ring (bicyclic) bond motifs is 1. The maximum Gasteiger partial charge on any atom is 0.129 e. The van der Waals surface area contributed by atoms with Crippen LogP contribution in [0.5, 0.6) is 0 Å². The molecule has 0 saturated carbocycles. The second-order valence-corrected chi connectivity index (χ2v) is 3.35. The van der Waals surface area contributed by atoms with Crippen molar-refractivity contribution >= 4 is 0 Å². The lowest BCUT2D eigenvalue weighted by Gasteiger charge is -2.28. The fraction of sp³-hybridized carbons (Fsp3) is 0.400. The summed E-state index contributed by atoms with van der Waals surface area (Å²) in [6.07, 6.45) is -0.0331. The molecule has 0 aliphatic carbocycles. The van der Waals surface area contributed by atoms with Crippen molar-refractivity contribution in [3.8, 4) is 0 Å². The highest BCUT2D eigenvalue weighted by molar-refractivity contribution is 5.32. The Bertz CT molecular complexity index is 327. The molecule has 0 fully saturated rings. The second-order valence-electron chi connectivity index (χ2n) is 3.35. The van der Waals surface area contributed by atoms with Crippen LogP contribution in [-0.4, -0.2) is 6.10 Å². The molecule has 1 heterocycles. The molecule has 2 N–H and O–H groups in total. The Labute approximate surface area is 76.5 Å². The summed E-state index contributed by atoms with van der Waals surface area (Å²) >= 11 is 0. The van der Waals surface area contributed by atoms with Crippen LogP contribution in [0.15, 0.2) is 18.2 Å².